The van der Waals surface area contributed by atoms with Gasteiger partial charge in [-0.25, -0.2) is 0 Å². The molecule has 0 atom stereocenters. The highest BCUT2D eigenvalue weighted by atomic mass is 16.5. The van der Waals surface area contributed by atoms with Crippen LogP contribution in [0.5, 0.6) is 5.75 Å². The van der Waals surface area contributed by atoms with Crippen LogP contribution in [0.3, 0.4) is 0 Å². The number of benzene rings is 2. The molecule has 0 N–H and O–H groups in total. The fraction of sp³-hybridized carbons (Fsp3) is 0.0667. The molecule has 1 nitrogen and oxygen atoms in total. The molecule has 0 aliphatic heterocycles. The number of ether oxygens (including phenoxy) is 1. The molecule has 0 aromatic heterocycles. The zero-order valence-electron chi connectivity index (χ0n) is 9.03. The van der Waals surface area contributed by atoms with Gasteiger partial charge in [0.05, 0.1) is 7.11 Å². The number of rotatable bonds is 1. The maximum absolute atomic E-state index is 5.08. The lowest BCUT2D eigenvalue weighted by Gasteiger charge is -1.97. The smallest absolute Gasteiger partial charge is 0.118 e. The first kappa shape index (κ1) is 10.3. The van der Waals surface area contributed by atoms with E-state index in [9.17, 15) is 0 Å². The van der Waals surface area contributed by atoms with Crippen LogP contribution in [-0.2, 0) is 0 Å². The van der Waals surface area contributed by atoms with E-state index in [-0.39, 0.29) is 0 Å². The Hall–Kier alpha value is -2.20. The predicted octanol–water partition coefficient (Wildman–Crippen LogP) is 2.90. The fourth-order valence-electron chi connectivity index (χ4n) is 1.29. The summed E-state index contributed by atoms with van der Waals surface area (Å²) in [6.45, 7) is 0. The summed E-state index contributed by atoms with van der Waals surface area (Å²) in [5.41, 5.74) is 1.98. The van der Waals surface area contributed by atoms with Crippen molar-refractivity contribution in [1.29, 1.82) is 0 Å². The second-order valence-electron chi connectivity index (χ2n) is 3.27. The lowest BCUT2D eigenvalue weighted by atomic mass is 10.2. The molecular weight excluding hydrogens is 196 g/mol. The monoisotopic (exact) mass is 207 g/mol. The SMILES string of the molecule is COc1ccc(C#Cc2cc[c]cc2)cc1. The minimum absolute atomic E-state index is 0.847. The van der Waals surface area contributed by atoms with E-state index in [2.05, 4.69) is 17.9 Å². The molecule has 0 heterocycles. The minimum atomic E-state index is 0.847. The Kier molecular flexibility index (Phi) is 3.25. The van der Waals surface area contributed by atoms with E-state index in [1.54, 1.807) is 7.11 Å². The van der Waals surface area contributed by atoms with Gasteiger partial charge >= 0.3 is 0 Å². The van der Waals surface area contributed by atoms with E-state index < -0.39 is 0 Å². The molecule has 2 aromatic rings. The molecule has 1 radical (unpaired) electrons. The summed E-state index contributed by atoms with van der Waals surface area (Å²) in [5.74, 6) is 7.03. The fourth-order valence-corrected chi connectivity index (χ4v) is 1.29. The van der Waals surface area contributed by atoms with Gasteiger partial charge in [-0.15, -0.1) is 0 Å². The van der Waals surface area contributed by atoms with E-state index in [1.165, 1.54) is 0 Å². The molecule has 77 valence electrons. The van der Waals surface area contributed by atoms with Gasteiger partial charge in [0.1, 0.15) is 5.75 Å². The minimum Gasteiger partial charge on any atom is -0.497 e. The van der Waals surface area contributed by atoms with E-state index in [0.717, 1.165) is 16.9 Å². The highest BCUT2D eigenvalue weighted by Crippen LogP contribution is 2.10. The van der Waals surface area contributed by atoms with Crippen molar-refractivity contribution in [2.75, 3.05) is 7.11 Å². The highest BCUT2D eigenvalue weighted by Gasteiger charge is 1.89. The van der Waals surface area contributed by atoms with Crippen molar-refractivity contribution in [2.45, 2.75) is 0 Å². The van der Waals surface area contributed by atoms with Gasteiger partial charge in [0.25, 0.3) is 0 Å². The molecule has 0 amide bonds. The Balaban J connectivity index is 2.18. The normalized spacial score (nSPS) is 9.06. The molecule has 0 fully saturated rings. The van der Waals surface area contributed by atoms with Crippen LogP contribution in [0.4, 0.5) is 0 Å². The van der Waals surface area contributed by atoms with Gasteiger partial charge in [0.15, 0.2) is 0 Å². The molecule has 0 bridgehead atoms. The topological polar surface area (TPSA) is 9.23 Å². The number of hydrogen-bond acceptors (Lipinski definition) is 1. The van der Waals surface area contributed by atoms with Crippen LogP contribution in [0.2, 0.25) is 0 Å². The summed E-state index contributed by atoms with van der Waals surface area (Å²) in [6.07, 6.45) is 0. The zero-order valence-corrected chi connectivity index (χ0v) is 9.03. The van der Waals surface area contributed by atoms with E-state index in [4.69, 9.17) is 4.74 Å². The molecular formula is C15H11O. The second-order valence-corrected chi connectivity index (χ2v) is 3.27. The maximum atomic E-state index is 5.08. The van der Waals surface area contributed by atoms with Crippen LogP contribution < -0.4 is 4.74 Å². The molecule has 0 unspecified atom stereocenters. The third-order valence-corrected chi connectivity index (χ3v) is 2.16. The van der Waals surface area contributed by atoms with Gasteiger partial charge in [0, 0.05) is 11.1 Å². The molecule has 0 spiro atoms. The molecule has 16 heavy (non-hydrogen) atoms. The molecule has 1 heteroatoms. The summed E-state index contributed by atoms with van der Waals surface area (Å²) in [4.78, 5) is 0. The van der Waals surface area contributed by atoms with E-state index >= 15 is 0 Å². The van der Waals surface area contributed by atoms with Crippen LogP contribution in [-0.4, -0.2) is 7.11 Å². The maximum Gasteiger partial charge on any atom is 0.118 e. The first-order valence-corrected chi connectivity index (χ1v) is 5.01. The van der Waals surface area contributed by atoms with Crippen LogP contribution >= 0.6 is 0 Å². The average molecular weight is 207 g/mol. The van der Waals surface area contributed by atoms with Gasteiger partial charge in [0.2, 0.25) is 0 Å². The molecule has 0 saturated heterocycles. The van der Waals surface area contributed by atoms with Crippen molar-refractivity contribution >= 4 is 0 Å². The zero-order chi connectivity index (χ0) is 11.2. The summed E-state index contributed by atoms with van der Waals surface area (Å²) in [7, 11) is 1.65. The second kappa shape index (κ2) is 5.04. The molecule has 2 rings (SSSR count). The van der Waals surface area contributed by atoms with Crippen molar-refractivity contribution in [3.63, 3.8) is 0 Å². The first-order chi connectivity index (χ1) is 7.88. The Bertz CT molecular complexity index is 501. The lowest BCUT2D eigenvalue weighted by molar-refractivity contribution is 0.415. The van der Waals surface area contributed by atoms with Gasteiger partial charge in [-0.05, 0) is 42.5 Å². The van der Waals surface area contributed by atoms with Crippen molar-refractivity contribution < 1.29 is 4.74 Å². The first-order valence-electron chi connectivity index (χ1n) is 5.01. The predicted molar refractivity (Wildman–Crippen MR) is 64.3 cm³/mol. The van der Waals surface area contributed by atoms with E-state index in [0.29, 0.717) is 0 Å². The summed E-state index contributed by atoms with van der Waals surface area (Å²) < 4.78 is 5.08. The van der Waals surface area contributed by atoms with Gasteiger partial charge in [-0.3, -0.25) is 0 Å². The van der Waals surface area contributed by atoms with E-state index in [1.807, 2.05) is 48.5 Å². The lowest BCUT2D eigenvalue weighted by Crippen LogP contribution is -1.82. The van der Waals surface area contributed by atoms with Crippen molar-refractivity contribution in [1.82, 2.24) is 0 Å². The van der Waals surface area contributed by atoms with Crippen LogP contribution in [0.15, 0.2) is 48.5 Å². The van der Waals surface area contributed by atoms with Gasteiger partial charge < -0.3 is 4.74 Å². The third-order valence-electron chi connectivity index (χ3n) is 2.16. The largest absolute Gasteiger partial charge is 0.497 e. The highest BCUT2D eigenvalue weighted by molar-refractivity contribution is 5.43. The number of hydrogen-bond donors (Lipinski definition) is 0. The summed E-state index contributed by atoms with van der Waals surface area (Å²) >= 11 is 0. The van der Waals surface area contributed by atoms with Gasteiger partial charge in [-0.1, -0.05) is 24.0 Å². The Labute approximate surface area is 95.7 Å². The van der Waals surface area contributed by atoms with Gasteiger partial charge in [-0.2, -0.15) is 0 Å². The standard InChI is InChI=1S/C15H11O/c1-16-15-11-9-14(10-12-15)8-7-13-5-3-2-4-6-13/h3-6,9-12H,1H3. The quantitative estimate of drug-likeness (QED) is 0.653. The molecule has 0 aliphatic rings. The summed E-state index contributed by atoms with van der Waals surface area (Å²) in [6, 6.07) is 18.3. The van der Waals surface area contributed by atoms with Crippen LogP contribution in [0.25, 0.3) is 0 Å². The van der Waals surface area contributed by atoms with Crippen LogP contribution in [0, 0.1) is 17.9 Å². The molecule has 0 aliphatic carbocycles. The van der Waals surface area contributed by atoms with Crippen molar-refractivity contribution in [2.24, 2.45) is 0 Å². The van der Waals surface area contributed by atoms with Crippen molar-refractivity contribution in [3.05, 3.63) is 65.7 Å². The summed E-state index contributed by atoms with van der Waals surface area (Å²) in [5, 5.41) is 0. The van der Waals surface area contributed by atoms with Crippen LogP contribution in [0.1, 0.15) is 11.1 Å². The molecule has 2 aromatic carbocycles. The Morgan fingerprint density at radius 2 is 1.44 bits per heavy atom. The number of methoxy groups -OCH3 is 1. The Morgan fingerprint density at radius 1 is 0.875 bits per heavy atom. The average Bonchev–Trinajstić information content (AvgIpc) is 2.38. The Morgan fingerprint density at radius 3 is 2.00 bits per heavy atom. The van der Waals surface area contributed by atoms with Crippen molar-refractivity contribution in [3.8, 4) is 17.6 Å². The molecule has 0 saturated carbocycles. The third kappa shape index (κ3) is 2.65.